The fraction of sp³-hybridized carbons (Fsp3) is 0.714. The van der Waals surface area contributed by atoms with Gasteiger partial charge in [0.25, 0.3) is 5.91 Å². The fourth-order valence-electron chi connectivity index (χ4n) is 4.40. The Balaban J connectivity index is 1.43. The van der Waals surface area contributed by atoms with Crippen molar-refractivity contribution in [2.45, 2.75) is 44.6 Å². The van der Waals surface area contributed by atoms with E-state index in [2.05, 4.69) is 14.8 Å². The summed E-state index contributed by atoms with van der Waals surface area (Å²) in [6.07, 6.45) is 8.72. The van der Waals surface area contributed by atoms with Gasteiger partial charge >= 0.3 is 0 Å². The first-order valence-electron chi connectivity index (χ1n) is 10.6. The van der Waals surface area contributed by atoms with Crippen molar-refractivity contribution in [2.75, 3.05) is 50.8 Å². The zero-order valence-corrected chi connectivity index (χ0v) is 16.2. The number of aliphatic hydroxyl groups excluding tert-OH is 1. The Hall–Kier alpha value is -1.66. The topological polar surface area (TPSA) is 59.9 Å². The molecular weight excluding hydrogens is 340 g/mol. The van der Waals surface area contributed by atoms with Crippen LogP contribution in [0.15, 0.2) is 18.3 Å². The second-order valence-electron chi connectivity index (χ2n) is 8.31. The Morgan fingerprint density at radius 3 is 2.70 bits per heavy atom. The van der Waals surface area contributed by atoms with Crippen LogP contribution in [0.1, 0.15) is 48.9 Å². The Bertz CT molecular complexity index is 643. The van der Waals surface area contributed by atoms with E-state index in [-0.39, 0.29) is 12.5 Å². The molecular formula is C21H32N4O2. The summed E-state index contributed by atoms with van der Waals surface area (Å²) in [7, 11) is 0. The van der Waals surface area contributed by atoms with Gasteiger partial charge in [-0.2, -0.15) is 0 Å². The van der Waals surface area contributed by atoms with Crippen molar-refractivity contribution in [3.05, 3.63) is 23.9 Å². The van der Waals surface area contributed by atoms with Crippen LogP contribution < -0.4 is 4.90 Å². The third-order valence-corrected chi connectivity index (χ3v) is 6.22. The summed E-state index contributed by atoms with van der Waals surface area (Å²) < 4.78 is 0. The molecule has 0 aromatic carbocycles. The van der Waals surface area contributed by atoms with Gasteiger partial charge in [-0.05, 0) is 56.6 Å². The lowest BCUT2D eigenvalue weighted by Crippen LogP contribution is -2.54. The minimum Gasteiger partial charge on any atom is -0.396 e. The lowest BCUT2D eigenvalue weighted by Gasteiger charge is -2.42. The van der Waals surface area contributed by atoms with E-state index in [1.54, 1.807) is 6.20 Å². The van der Waals surface area contributed by atoms with Crippen molar-refractivity contribution in [1.82, 2.24) is 14.8 Å². The summed E-state index contributed by atoms with van der Waals surface area (Å²) in [5.41, 5.74) is 0.751. The largest absolute Gasteiger partial charge is 0.396 e. The molecule has 0 radical (unpaired) electrons. The molecule has 1 saturated carbocycles. The fourth-order valence-corrected chi connectivity index (χ4v) is 4.40. The van der Waals surface area contributed by atoms with E-state index < -0.39 is 0 Å². The van der Waals surface area contributed by atoms with Gasteiger partial charge in [0.2, 0.25) is 0 Å². The van der Waals surface area contributed by atoms with Gasteiger partial charge in [0.05, 0.1) is 0 Å². The van der Waals surface area contributed by atoms with Crippen molar-refractivity contribution < 1.29 is 9.90 Å². The van der Waals surface area contributed by atoms with Crippen LogP contribution in [-0.2, 0) is 0 Å². The summed E-state index contributed by atoms with van der Waals surface area (Å²) in [5.74, 6) is 1.89. The van der Waals surface area contributed by atoms with Crippen molar-refractivity contribution in [3.8, 4) is 0 Å². The van der Waals surface area contributed by atoms with Gasteiger partial charge in [0.15, 0.2) is 0 Å². The van der Waals surface area contributed by atoms with Gasteiger partial charge < -0.3 is 14.9 Å². The molecule has 2 saturated heterocycles. The van der Waals surface area contributed by atoms with Crippen LogP contribution in [-0.4, -0.2) is 77.7 Å². The Labute approximate surface area is 162 Å². The molecule has 1 aromatic rings. The molecule has 4 rings (SSSR count). The molecule has 2 aliphatic heterocycles. The van der Waals surface area contributed by atoms with E-state index in [1.165, 1.54) is 25.8 Å². The summed E-state index contributed by atoms with van der Waals surface area (Å²) >= 11 is 0. The molecule has 6 nitrogen and oxygen atoms in total. The molecule has 1 aromatic heterocycles. The van der Waals surface area contributed by atoms with Crippen LogP contribution in [0, 0.1) is 5.92 Å². The highest BCUT2D eigenvalue weighted by molar-refractivity contribution is 5.94. The number of carbonyl (C=O) groups excluding carboxylic acids is 1. The van der Waals surface area contributed by atoms with Crippen molar-refractivity contribution in [2.24, 2.45) is 5.92 Å². The number of aromatic nitrogens is 1. The second kappa shape index (κ2) is 8.57. The first-order chi connectivity index (χ1) is 13.2. The number of aliphatic hydroxyl groups is 1. The highest BCUT2D eigenvalue weighted by Crippen LogP contribution is 2.31. The third kappa shape index (κ3) is 4.61. The van der Waals surface area contributed by atoms with E-state index in [1.807, 2.05) is 17.0 Å². The van der Waals surface area contributed by atoms with Crippen LogP contribution in [0.2, 0.25) is 0 Å². The van der Waals surface area contributed by atoms with Gasteiger partial charge in [0, 0.05) is 63.7 Å². The molecule has 27 heavy (non-hydrogen) atoms. The highest BCUT2D eigenvalue weighted by atomic mass is 16.3. The van der Waals surface area contributed by atoms with Gasteiger partial charge in [-0.3, -0.25) is 9.69 Å². The van der Waals surface area contributed by atoms with Crippen molar-refractivity contribution >= 4 is 11.7 Å². The molecule has 3 heterocycles. The molecule has 3 aliphatic rings. The van der Waals surface area contributed by atoms with E-state index in [4.69, 9.17) is 0 Å². The Kier molecular flexibility index (Phi) is 5.93. The summed E-state index contributed by atoms with van der Waals surface area (Å²) in [6.45, 7) is 5.95. The number of amides is 1. The van der Waals surface area contributed by atoms with Gasteiger partial charge in [-0.25, -0.2) is 4.98 Å². The predicted molar refractivity (Wildman–Crippen MR) is 106 cm³/mol. The molecule has 1 atom stereocenters. The molecule has 1 N–H and O–H groups in total. The minimum absolute atomic E-state index is 0.137. The Morgan fingerprint density at radius 2 is 1.96 bits per heavy atom. The number of hydrogen-bond donors (Lipinski definition) is 1. The monoisotopic (exact) mass is 372 g/mol. The number of carbonyl (C=O) groups is 1. The first kappa shape index (κ1) is 18.7. The Morgan fingerprint density at radius 1 is 1.15 bits per heavy atom. The maximum Gasteiger partial charge on any atom is 0.254 e. The molecule has 6 heteroatoms. The SMILES string of the molecule is O=C(c1ccnc(N2CCN(CC3CC3)C(CCO)C2)c1)N1CCCCC1. The van der Waals surface area contributed by atoms with Crippen LogP contribution in [0.5, 0.6) is 0 Å². The van der Waals surface area contributed by atoms with E-state index in [0.717, 1.165) is 69.3 Å². The molecule has 148 valence electrons. The number of rotatable bonds is 6. The quantitative estimate of drug-likeness (QED) is 0.828. The maximum absolute atomic E-state index is 12.8. The molecule has 1 unspecified atom stereocenters. The first-order valence-corrected chi connectivity index (χ1v) is 10.6. The average molecular weight is 373 g/mol. The normalized spacial score (nSPS) is 24.3. The van der Waals surface area contributed by atoms with Crippen LogP contribution >= 0.6 is 0 Å². The molecule has 1 amide bonds. The smallest absolute Gasteiger partial charge is 0.254 e. The molecule has 1 aliphatic carbocycles. The zero-order valence-electron chi connectivity index (χ0n) is 16.2. The van der Waals surface area contributed by atoms with Gasteiger partial charge in [-0.15, -0.1) is 0 Å². The van der Waals surface area contributed by atoms with Gasteiger partial charge in [-0.1, -0.05) is 0 Å². The number of likely N-dealkylation sites (tertiary alicyclic amines) is 1. The second-order valence-corrected chi connectivity index (χ2v) is 8.31. The van der Waals surface area contributed by atoms with E-state index >= 15 is 0 Å². The predicted octanol–water partition coefficient (Wildman–Crippen LogP) is 1.99. The standard InChI is InChI=1S/C21H32N4O2/c26-13-7-19-16-25(12-11-24(19)15-17-4-5-17)20-14-18(6-8-22-20)21(27)23-9-2-1-3-10-23/h6,8,14,17,19,26H,1-5,7,9-13,15-16H2. The molecule has 0 bridgehead atoms. The zero-order chi connectivity index (χ0) is 18.6. The number of anilines is 1. The van der Waals surface area contributed by atoms with Crippen LogP contribution in [0.25, 0.3) is 0 Å². The molecule has 3 fully saturated rings. The number of nitrogens with zero attached hydrogens (tertiary/aromatic N) is 4. The summed E-state index contributed by atoms with van der Waals surface area (Å²) in [5, 5.41) is 9.49. The van der Waals surface area contributed by atoms with E-state index in [0.29, 0.717) is 6.04 Å². The lowest BCUT2D eigenvalue weighted by molar-refractivity contribution is 0.0724. The minimum atomic E-state index is 0.137. The van der Waals surface area contributed by atoms with Gasteiger partial charge in [0.1, 0.15) is 5.82 Å². The number of piperazine rings is 1. The highest BCUT2D eigenvalue weighted by Gasteiger charge is 2.32. The summed E-state index contributed by atoms with van der Waals surface area (Å²) in [6, 6.07) is 4.17. The van der Waals surface area contributed by atoms with Crippen molar-refractivity contribution in [1.29, 1.82) is 0 Å². The number of piperidine rings is 1. The van der Waals surface area contributed by atoms with Crippen LogP contribution in [0.4, 0.5) is 5.82 Å². The average Bonchev–Trinajstić information content (AvgIpc) is 3.54. The van der Waals surface area contributed by atoms with Crippen LogP contribution in [0.3, 0.4) is 0 Å². The lowest BCUT2D eigenvalue weighted by atomic mass is 10.1. The third-order valence-electron chi connectivity index (χ3n) is 6.22. The van der Waals surface area contributed by atoms with E-state index in [9.17, 15) is 9.90 Å². The molecule has 0 spiro atoms. The van der Waals surface area contributed by atoms with Crippen molar-refractivity contribution in [3.63, 3.8) is 0 Å². The number of pyridine rings is 1. The number of hydrogen-bond acceptors (Lipinski definition) is 5. The summed E-state index contributed by atoms with van der Waals surface area (Å²) in [4.78, 5) is 24.2. The maximum atomic E-state index is 12.8.